The van der Waals surface area contributed by atoms with Gasteiger partial charge >= 0.3 is 0 Å². The van der Waals surface area contributed by atoms with Crippen LogP contribution in [-0.4, -0.2) is 39.9 Å². The van der Waals surface area contributed by atoms with E-state index in [1.807, 2.05) is 12.1 Å². The third-order valence-electron chi connectivity index (χ3n) is 4.73. The zero-order chi connectivity index (χ0) is 17.4. The zero-order valence-corrected chi connectivity index (χ0v) is 15.8. The summed E-state index contributed by atoms with van der Waals surface area (Å²) in [7, 11) is 0. The molecule has 3 aromatic rings. The summed E-state index contributed by atoms with van der Waals surface area (Å²) in [5, 5.41) is 4.18. The standard InChI is InChI=1S/C17H21N5OS2/c1-2-10-5-3-4-6-22(10)9-15(23)21-17-20-12-7-11-13(8-14(12)25-17)24-16(18)19-11/h7-8,10H,2-6,9H2,1H3,(H2,18,19)(H,20,21,23). The lowest BCUT2D eigenvalue weighted by Gasteiger charge is -2.34. The van der Waals surface area contributed by atoms with Crippen LogP contribution in [0.25, 0.3) is 20.4 Å². The lowest BCUT2D eigenvalue weighted by atomic mass is 10.0. The normalized spacial score (nSPS) is 18.8. The van der Waals surface area contributed by atoms with E-state index in [-0.39, 0.29) is 5.91 Å². The SMILES string of the molecule is CCC1CCCCN1CC(=O)Nc1nc2cc3nc(N)sc3cc2s1. The summed E-state index contributed by atoms with van der Waals surface area (Å²) in [6.45, 7) is 3.65. The average molecular weight is 376 g/mol. The summed E-state index contributed by atoms with van der Waals surface area (Å²) >= 11 is 2.96. The topological polar surface area (TPSA) is 84.1 Å². The molecule has 1 fully saturated rings. The number of nitrogens with two attached hydrogens (primary N) is 1. The molecule has 1 aromatic carbocycles. The molecular weight excluding hydrogens is 354 g/mol. The van der Waals surface area contributed by atoms with Crippen LogP contribution in [0.4, 0.5) is 10.3 Å². The number of nitrogen functional groups attached to an aromatic ring is 1. The van der Waals surface area contributed by atoms with Crippen molar-refractivity contribution in [3.05, 3.63) is 12.1 Å². The van der Waals surface area contributed by atoms with Crippen molar-refractivity contribution < 1.29 is 4.79 Å². The number of piperidine rings is 1. The first kappa shape index (κ1) is 16.7. The molecule has 3 heterocycles. The highest BCUT2D eigenvalue weighted by atomic mass is 32.1. The van der Waals surface area contributed by atoms with Crippen LogP contribution in [0.5, 0.6) is 0 Å². The maximum absolute atomic E-state index is 12.4. The van der Waals surface area contributed by atoms with Gasteiger partial charge in [-0.05, 0) is 37.9 Å². The maximum atomic E-state index is 12.4. The van der Waals surface area contributed by atoms with E-state index in [4.69, 9.17) is 5.73 Å². The monoisotopic (exact) mass is 375 g/mol. The fourth-order valence-corrected chi connectivity index (χ4v) is 5.23. The van der Waals surface area contributed by atoms with Gasteiger partial charge in [0.25, 0.3) is 0 Å². The predicted molar refractivity (Wildman–Crippen MR) is 105 cm³/mol. The van der Waals surface area contributed by atoms with Gasteiger partial charge in [-0.3, -0.25) is 9.69 Å². The van der Waals surface area contributed by atoms with Gasteiger partial charge in [0.1, 0.15) is 0 Å². The molecule has 132 valence electrons. The van der Waals surface area contributed by atoms with Gasteiger partial charge in [-0.1, -0.05) is 36.0 Å². The number of likely N-dealkylation sites (tertiary alicyclic amines) is 1. The van der Waals surface area contributed by atoms with Gasteiger partial charge in [0.2, 0.25) is 5.91 Å². The number of anilines is 2. The van der Waals surface area contributed by atoms with E-state index >= 15 is 0 Å². The Balaban J connectivity index is 1.49. The molecule has 0 saturated carbocycles. The van der Waals surface area contributed by atoms with E-state index in [1.54, 1.807) is 0 Å². The van der Waals surface area contributed by atoms with Gasteiger partial charge in [0.15, 0.2) is 10.3 Å². The predicted octanol–water partition coefficient (Wildman–Crippen LogP) is 3.69. The summed E-state index contributed by atoms with van der Waals surface area (Å²) in [4.78, 5) is 23.6. The lowest BCUT2D eigenvalue weighted by Crippen LogP contribution is -2.43. The quantitative estimate of drug-likeness (QED) is 0.726. The van der Waals surface area contributed by atoms with Crippen molar-refractivity contribution in [2.45, 2.75) is 38.6 Å². The number of thiazole rings is 2. The van der Waals surface area contributed by atoms with Gasteiger partial charge in [0, 0.05) is 6.04 Å². The Morgan fingerprint density at radius 1 is 1.28 bits per heavy atom. The Bertz CT molecular complexity index is 867. The molecule has 25 heavy (non-hydrogen) atoms. The molecule has 4 rings (SSSR count). The van der Waals surface area contributed by atoms with Crippen LogP contribution in [-0.2, 0) is 4.79 Å². The van der Waals surface area contributed by atoms with Crippen LogP contribution in [0.2, 0.25) is 0 Å². The van der Waals surface area contributed by atoms with Crippen LogP contribution in [0.1, 0.15) is 32.6 Å². The highest BCUT2D eigenvalue weighted by molar-refractivity contribution is 7.24. The molecule has 8 heteroatoms. The molecule has 3 N–H and O–H groups in total. The number of hydrogen-bond donors (Lipinski definition) is 2. The second-order valence-electron chi connectivity index (χ2n) is 6.44. The smallest absolute Gasteiger partial charge is 0.240 e. The molecule has 0 radical (unpaired) electrons. The summed E-state index contributed by atoms with van der Waals surface area (Å²) in [5.74, 6) is 0.0172. The Hall–Kier alpha value is -1.77. The van der Waals surface area contributed by atoms with E-state index in [1.165, 1.54) is 41.9 Å². The Morgan fingerprint density at radius 2 is 2.08 bits per heavy atom. The number of hydrogen-bond acceptors (Lipinski definition) is 7. The number of nitrogens with zero attached hydrogens (tertiary/aromatic N) is 3. The fourth-order valence-electron chi connectivity index (χ4n) is 3.49. The van der Waals surface area contributed by atoms with Crippen LogP contribution in [0, 0.1) is 0 Å². The van der Waals surface area contributed by atoms with Crippen molar-refractivity contribution >= 4 is 59.3 Å². The van der Waals surface area contributed by atoms with E-state index in [0.29, 0.717) is 22.8 Å². The van der Waals surface area contributed by atoms with Crippen molar-refractivity contribution in [1.29, 1.82) is 0 Å². The van der Waals surface area contributed by atoms with Gasteiger partial charge in [-0.15, -0.1) is 0 Å². The minimum absolute atomic E-state index is 0.0172. The lowest BCUT2D eigenvalue weighted by molar-refractivity contribution is -0.118. The molecule has 1 unspecified atom stereocenters. The number of aromatic nitrogens is 2. The molecule has 0 bridgehead atoms. The van der Waals surface area contributed by atoms with Gasteiger partial charge in [-0.25, -0.2) is 9.97 Å². The van der Waals surface area contributed by atoms with Crippen LogP contribution in [0.3, 0.4) is 0 Å². The Kier molecular flexibility index (Phi) is 4.58. The summed E-state index contributed by atoms with van der Waals surface area (Å²) < 4.78 is 2.08. The van der Waals surface area contributed by atoms with Crippen LogP contribution >= 0.6 is 22.7 Å². The summed E-state index contributed by atoms with van der Waals surface area (Å²) in [6.07, 6.45) is 4.74. The molecule has 1 aliphatic heterocycles. The minimum Gasteiger partial charge on any atom is -0.375 e. The number of benzene rings is 1. The molecule has 0 aliphatic carbocycles. The highest BCUT2D eigenvalue weighted by Gasteiger charge is 2.23. The average Bonchev–Trinajstić information content (AvgIpc) is 3.13. The molecule has 1 saturated heterocycles. The molecule has 0 spiro atoms. The maximum Gasteiger partial charge on any atom is 0.240 e. The van der Waals surface area contributed by atoms with E-state index in [0.717, 1.165) is 33.4 Å². The van der Waals surface area contributed by atoms with Crippen molar-refractivity contribution in [2.24, 2.45) is 0 Å². The van der Waals surface area contributed by atoms with E-state index < -0.39 is 0 Å². The second kappa shape index (κ2) is 6.86. The van der Waals surface area contributed by atoms with Crippen LogP contribution in [0.15, 0.2) is 12.1 Å². The van der Waals surface area contributed by atoms with Crippen molar-refractivity contribution in [3.8, 4) is 0 Å². The number of carbonyl (C=O) groups is 1. The van der Waals surface area contributed by atoms with Crippen molar-refractivity contribution in [2.75, 3.05) is 24.1 Å². The molecular formula is C17H21N5OS2. The first-order valence-electron chi connectivity index (χ1n) is 8.63. The number of fused-ring (bicyclic) bond motifs is 2. The van der Waals surface area contributed by atoms with Gasteiger partial charge < -0.3 is 11.1 Å². The Morgan fingerprint density at radius 3 is 2.92 bits per heavy atom. The number of amides is 1. The third kappa shape index (κ3) is 3.47. The highest BCUT2D eigenvalue weighted by Crippen LogP contribution is 2.33. The van der Waals surface area contributed by atoms with E-state index in [2.05, 4.69) is 27.1 Å². The van der Waals surface area contributed by atoms with E-state index in [9.17, 15) is 4.79 Å². The number of rotatable bonds is 4. The molecule has 1 amide bonds. The van der Waals surface area contributed by atoms with Gasteiger partial charge in [0.05, 0.1) is 27.0 Å². The Labute approximate surface area is 154 Å². The van der Waals surface area contributed by atoms with Gasteiger partial charge in [-0.2, -0.15) is 0 Å². The summed E-state index contributed by atoms with van der Waals surface area (Å²) in [5.41, 5.74) is 7.47. The van der Waals surface area contributed by atoms with Crippen molar-refractivity contribution in [3.63, 3.8) is 0 Å². The molecule has 1 atom stereocenters. The largest absolute Gasteiger partial charge is 0.375 e. The first-order valence-corrected chi connectivity index (χ1v) is 10.3. The number of carbonyl (C=O) groups excluding carboxylic acids is 1. The van der Waals surface area contributed by atoms with Crippen LogP contribution < -0.4 is 11.1 Å². The number of nitrogens with one attached hydrogen (secondary N) is 1. The first-order chi connectivity index (χ1) is 12.1. The molecule has 6 nitrogen and oxygen atoms in total. The third-order valence-corrected chi connectivity index (χ3v) is 6.51. The molecule has 1 aliphatic rings. The minimum atomic E-state index is 0.0172. The molecule has 2 aromatic heterocycles. The zero-order valence-electron chi connectivity index (χ0n) is 14.1. The second-order valence-corrected chi connectivity index (χ2v) is 8.53. The fraction of sp³-hybridized carbons (Fsp3) is 0.471. The summed E-state index contributed by atoms with van der Waals surface area (Å²) in [6, 6.07) is 4.50. The van der Waals surface area contributed by atoms with Crippen molar-refractivity contribution in [1.82, 2.24) is 14.9 Å².